The van der Waals surface area contributed by atoms with Gasteiger partial charge in [0.1, 0.15) is 12.0 Å². The maximum absolute atomic E-state index is 10.6. The molecule has 20 heavy (non-hydrogen) atoms. The quantitative estimate of drug-likeness (QED) is 0.662. The van der Waals surface area contributed by atoms with Crippen molar-refractivity contribution in [1.29, 1.82) is 0 Å². The van der Waals surface area contributed by atoms with Crippen LogP contribution < -0.4 is 5.32 Å². The van der Waals surface area contributed by atoms with Crippen molar-refractivity contribution in [3.63, 3.8) is 0 Å². The van der Waals surface area contributed by atoms with E-state index in [9.17, 15) is 10.1 Å². The van der Waals surface area contributed by atoms with Gasteiger partial charge < -0.3 is 5.32 Å². The molecular formula is C14H14ClN3O2. The minimum absolute atomic E-state index is 0.0184. The summed E-state index contributed by atoms with van der Waals surface area (Å²) in [4.78, 5) is 14.2. The number of rotatable bonds is 5. The summed E-state index contributed by atoms with van der Waals surface area (Å²) < 4.78 is 0. The maximum atomic E-state index is 10.6. The third-order valence-electron chi connectivity index (χ3n) is 2.96. The molecule has 1 N–H and O–H groups in total. The molecule has 1 atom stereocenters. The number of nitro groups is 1. The van der Waals surface area contributed by atoms with Crippen molar-refractivity contribution in [3.05, 3.63) is 63.3 Å². The fourth-order valence-electron chi connectivity index (χ4n) is 1.87. The van der Waals surface area contributed by atoms with E-state index >= 15 is 0 Å². The molecule has 0 aliphatic rings. The van der Waals surface area contributed by atoms with Crippen LogP contribution in [0.5, 0.6) is 0 Å². The molecule has 1 unspecified atom stereocenters. The first-order valence-electron chi connectivity index (χ1n) is 6.22. The fourth-order valence-corrected chi connectivity index (χ4v) is 2.00. The number of anilines is 1. The molecule has 5 nitrogen and oxygen atoms in total. The van der Waals surface area contributed by atoms with E-state index in [2.05, 4.69) is 17.2 Å². The zero-order chi connectivity index (χ0) is 14.5. The van der Waals surface area contributed by atoms with E-state index in [1.165, 1.54) is 12.3 Å². The fraction of sp³-hybridized carbons (Fsp3) is 0.214. The standard InChI is InChI=1S/C14H14ClN3O2/c1-2-13(10-3-5-11(15)6-4-10)17-14-8-7-12(9-16-14)18(19)20/h3-9,13H,2H2,1H3,(H,16,17). The van der Waals surface area contributed by atoms with Crippen molar-refractivity contribution in [2.75, 3.05) is 5.32 Å². The van der Waals surface area contributed by atoms with E-state index in [0.717, 1.165) is 12.0 Å². The highest BCUT2D eigenvalue weighted by atomic mass is 35.5. The molecular weight excluding hydrogens is 278 g/mol. The molecule has 0 aliphatic carbocycles. The summed E-state index contributed by atoms with van der Waals surface area (Å²) in [6, 6.07) is 10.7. The number of hydrogen-bond acceptors (Lipinski definition) is 4. The van der Waals surface area contributed by atoms with Crippen LogP contribution in [0.3, 0.4) is 0 Å². The van der Waals surface area contributed by atoms with Gasteiger partial charge in [0.05, 0.1) is 11.0 Å². The Labute approximate surface area is 121 Å². The Morgan fingerprint density at radius 1 is 1.30 bits per heavy atom. The van der Waals surface area contributed by atoms with Crippen molar-refractivity contribution >= 4 is 23.1 Å². The van der Waals surface area contributed by atoms with Gasteiger partial charge in [-0.05, 0) is 30.2 Å². The summed E-state index contributed by atoms with van der Waals surface area (Å²) in [6.07, 6.45) is 2.11. The number of aromatic nitrogens is 1. The third-order valence-corrected chi connectivity index (χ3v) is 3.21. The smallest absolute Gasteiger partial charge is 0.287 e. The molecule has 1 aromatic heterocycles. The largest absolute Gasteiger partial charge is 0.363 e. The summed E-state index contributed by atoms with van der Waals surface area (Å²) in [7, 11) is 0. The number of nitrogens with one attached hydrogen (secondary N) is 1. The monoisotopic (exact) mass is 291 g/mol. The van der Waals surface area contributed by atoms with E-state index in [4.69, 9.17) is 11.6 Å². The second-order valence-corrected chi connectivity index (χ2v) is 4.75. The van der Waals surface area contributed by atoms with Crippen molar-refractivity contribution in [2.45, 2.75) is 19.4 Å². The van der Waals surface area contributed by atoms with Crippen LogP contribution in [0, 0.1) is 10.1 Å². The van der Waals surface area contributed by atoms with Gasteiger partial charge in [-0.3, -0.25) is 10.1 Å². The van der Waals surface area contributed by atoms with Gasteiger partial charge in [-0.2, -0.15) is 0 Å². The second-order valence-electron chi connectivity index (χ2n) is 4.32. The summed E-state index contributed by atoms with van der Waals surface area (Å²) in [5, 5.41) is 14.5. The third kappa shape index (κ3) is 3.45. The van der Waals surface area contributed by atoms with E-state index in [1.54, 1.807) is 6.07 Å². The highest BCUT2D eigenvalue weighted by Gasteiger charge is 2.11. The van der Waals surface area contributed by atoms with Crippen molar-refractivity contribution in [2.24, 2.45) is 0 Å². The molecule has 0 radical (unpaired) electrons. The first-order valence-corrected chi connectivity index (χ1v) is 6.60. The zero-order valence-corrected chi connectivity index (χ0v) is 11.7. The van der Waals surface area contributed by atoms with Gasteiger partial charge in [0.25, 0.3) is 5.69 Å². The average Bonchev–Trinajstić information content (AvgIpc) is 2.46. The molecule has 2 aromatic rings. The van der Waals surface area contributed by atoms with Crippen molar-refractivity contribution in [3.8, 4) is 0 Å². The Balaban J connectivity index is 2.13. The highest BCUT2D eigenvalue weighted by molar-refractivity contribution is 6.30. The van der Waals surface area contributed by atoms with Crippen LogP contribution in [0.25, 0.3) is 0 Å². The normalized spacial score (nSPS) is 11.9. The molecule has 104 valence electrons. The van der Waals surface area contributed by atoms with Crippen LogP contribution in [-0.2, 0) is 0 Å². The summed E-state index contributed by atoms with van der Waals surface area (Å²) in [5.74, 6) is 0.609. The molecule has 1 aromatic carbocycles. The Kier molecular flexibility index (Phi) is 4.53. The minimum atomic E-state index is -0.465. The first kappa shape index (κ1) is 14.3. The zero-order valence-electron chi connectivity index (χ0n) is 10.9. The number of hydrogen-bond donors (Lipinski definition) is 1. The van der Waals surface area contributed by atoms with Crippen molar-refractivity contribution in [1.82, 2.24) is 4.98 Å². The number of nitrogens with zero attached hydrogens (tertiary/aromatic N) is 2. The summed E-state index contributed by atoms with van der Waals surface area (Å²) in [5.41, 5.74) is 1.08. The Bertz CT molecular complexity index is 584. The topological polar surface area (TPSA) is 68.1 Å². The molecule has 2 rings (SSSR count). The number of halogens is 1. The van der Waals surface area contributed by atoms with E-state index in [-0.39, 0.29) is 11.7 Å². The van der Waals surface area contributed by atoms with Crippen LogP contribution in [0.15, 0.2) is 42.6 Å². The van der Waals surface area contributed by atoms with Crippen LogP contribution >= 0.6 is 11.6 Å². The molecule has 0 saturated heterocycles. The first-order chi connectivity index (χ1) is 9.60. The van der Waals surface area contributed by atoms with Crippen LogP contribution in [0.1, 0.15) is 24.9 Å². The van der Waals surface area contributed by atoms with E-state index in [0.29, 0.717) is 10.8 Å². The Hall–Kier alpha value is -2.14. The van der Waals surface area contributed by atoms with Crippen LogP contribution in [0.2, 0.25) is 5.02 Å². The van der Waals surface area contributed by atoms with Crippen molar-refractivity contribution < 1.29 is 4.92 Å². The van der Waals surface area contributed by atoms with Gasteiger partial charge in [0, 0.05) is 11.1 Å². The van der Waals surface area contributed by atoms with Gasteiger partial charge >= 0.3 is 0 Å². The molecule has 0 aliphatic heterocycles. The predicted octanol–water partition coefficient (Wildman–Crippen LogP) is 4.21. The Morgan fingerprint density at radius 2 is 2.00 bits per heavy atom. The molecule has 0 spiro atoms. The maximum Gasteiger partial charge on any atom is 0.287 e. The number of benzene rings is 1. The summed E-state index contributed by atoms with van der Waals surface area (Å²) >= 11 is 5.87. The van der Waals surface area contributed by atoms with E-state index in [1.807, 2.05) is 24.3 Å². The lowest BCUT2D eigenvalue weighted by Crippen LogP contribution is -2.10. The van der Waals surface area contributed by atoms with Crippen LogP contribution in [-0.4, -0.2) is 9.91 Å². The summed E-state index contributed by atoms with van der Waals surface area (Å²) in [6.45, 7) is 2.05. The number of pyridine rings is 1. The SMILES string of the molecule is CCC(Nc1ccc([N+](=O)[O-])cn1)c1ccc(Cl)cc1. The molecule has 0 amide bonds. The predicted molar refractivity (Wildman–Crippen MR) is 79.0 cm³/mol. The highest BCUT2D eigenvalue weighted by Crippen LogP contribution is 2.23. The van der Waals surface area contributed by atoms with Crippen LogP contribution in [0.4, 0.5) is 11.5 Å². The minimum Gasteiger partial charge on any atom is -0.363 e. The van der Waals surface area contributed by atoms with Gasteiger partial charge in [0.2, 0.25) is 0 Å². The van der Waals surface area contributed by atoms with Gasteiger partial charge in [-0.15, -0.1) is 0 Å². The van der Waals surface area contributed by atoms with Gasteiger partial charge in [-0.1, -0.05) is 30.7 Å². The van der Waals surface area contributed by atoms with Gasteiger partial charge in [0.15, 0.2) is 0 Å². The molecule has 0 fully saturated rings. The van der Waals surface area contributed by atoms with E-state index < -0.39 is 4.92 Å². The lowest BCUT2D eigenvalue weighted by Gasteiger charge is -2.18. The average molecular weight is 292 g/mol. The molecule has 1 heterocycles. The molecule has 0 saturated carbocycles. The molecule has 0 bridgehead atoms. The Morgan fingerprint density at radius 3 is 2.50 bits per heavy atom. The lowest BCUT2D eigenvalue weighted by atomic mass is 10.0. The van der Waals surface area contributed by atoms with Gasteiger partial charge in [-0.25, -0.2) is 4.98 Å². The molecule has 6 heteroatoms. The second kappa shape index (κ2) is 6.34. The lowest BCUT2D eigenvalue weighted by molar-refractivity contribution is -0.385.